The van der Waals surface area contributed by atoms with Crippen molar-refractivity contribution in [3.63, 3.8) is 0 Å². The molecule has 3 aromatic rings. The lowest BCUT2D eigenvalue weighted by Crippen LogP contribution is -2.12. The summed E-state index contributed by atoms with van der Waals surface area (Å²) in [6.07, 6.45) is 0. The number of halogens is 1. The maximum absolute atomic E-state index is 12.5. The summed E-state index contributed by atoms with van der Waals surface area (Å²) in [5.41, 5.74) is 2.91. The Labute approximate surface area is 127 Å². The van der Waals surface area contributed by atoms with Gasteiger partial charge in [-0.15, -0.1) is 0 Å². The van der Waals surface area contributed by atoms with Gasteiger partial charge in [-0.1, -0.05) is 35.9 Å². The van der Waals surface area contributed by atoms with Crippen LogP contribution in [0.15, 0.2) is 46.9 Å². The topological polar surface area (TPSA) is 42.2 Å². The van der Waals surface area contributed by atoms with E-state index in [-0.39, 0.29) is 5.91 Å². The summed E-state index contributed by atoms with van der Waals surface area (Å²) in [6, 6.07) is 12.9. The van der Waals surface area contributed by atoms with Crippen molar-refractivity contribution >= 4 is 34.2 Å². The lowest BCUT2D eigenvalue weighted by molar-refractivity contribution is 0.102. The van der Waals surface area contributed by atoms with Crippen molar-refractivity contribution in [1.82, 2.24) is 0 Å². The summed E-state index contributed by atoms with van der Waals surface area (Å²) < 4.78 is 5.61. The second-order valence-corrected chi connectivity index (χ2v) is 5.35. The van der Waals surface area contributed by atoms with Crippen molar-refractivity contribution in [3.05, 3.63) is 64.4 Å². The SMILES string of the molecule is Cc1ccc(NC(=O)c2c(C)oc3ccccc23)cc1Cl. The molecule has 1 N–H and O–H groups in total. The smallest absolute Gasteiger partial charge is 0.259 e. The zero-order valence-electron chi connectivity index (χ0n) is 11.7. The molecule has 0 bridgehead atoms. The van der Waals surface area contributed by atoms with Crippen LogP contribution < -0.4 is 5.32 Å². The minimum atomic E-state index is -0.197. The third kappa shape index (κ3) is 2.52. The lowest BCUT2D eigenvalue weighted by Gasteiger charge is -2.06. The predicted molar refractivity (Wildman–Crippen MR) is 85.1 cm³/mol. The van der Waals surface area contributed by atoms with E-state index in [1.807, 2.05) is 43.3 Å². The molecule has 0 aliphatic rings. The van der Waals surface area contributed by atoms with Gasteiger partial charge in [0, 0.05) is 16.1 Å². The highest BCUT2D eigenvalue weighted by atomic mass is 35.5. The highest BCUT2D eigenvalue weighted by Crippen LogP contribution is 2.27. The number of amides is 1. The average Bonchev–Trinajstić information content (AvgIpc) is 2.78. The van der Waals surface area contributed by atoms with Crippen LogP contribution in [0.3, 0.4) is 0 Å². The van der Waals surface area contributed by atoms with Crippen molar-refractivity contribution < 1.29 is 9.21 Å². The van der Waals surface area contributed by atoms with E-state index in [0.717, 1.165) is 10.9 Å². The van der Waals surface area contributed by atoms with Gasteiger partial charge in [0.15, 0.2) is 0 Å². The summed E-state index contributed by atoms with van der Waals surface area (Å²) in [6.45, 7) is 3.71. The first-order valence-corrected chi connectivity index (χ1v) is 6.99. The van der Waals surface area contributed by atoms with E-state index >= 15 is 0 Å². The number of para-hydroxylation sites is 1. The van der Waals surface area contributed by atoms with Gasteiger partial charge >= 0.3 is 0 Å². The second-order valence-electron chi connectivity index (χ2n) is 4.95. The van der Waals surface area contributed by atoms with Crippen molar-refractivity contribution in [1.29, 1.82) is 0 Å². The second kappa shape index (κ2) is 5.26. The molecule has 1 heterocycles. The molecular formula is C17H14ClNO2. The number of hydrogen-bond donors (Lipinski definition) is 1. The van der Waals surface area contributed by atoms with Gasteiger partial charge in [0.05, 0.1) is 5.56 Å². The molecule has 0 aliphatic carbocycles. The summed E-state index contributed by atoms with van der Waals surface area (Å²) >= 11 is 6.08. The highest BCUT2D eigenvalue weighted by molar-refractivity contribution is 6.31. The van der Waals surface area contributed by atoms with Crippen molar-refractivity contribution in [3.8, 4) is 0 Å². The molecule has 0 saturated carbocycles. The van der Waals surface area contributed by atoms with Crippen LogP contribution in [0, 0.1) is 13.8 Å². The molecule has 0 fully saturated rings. The van der Waals surface area contributed by atoms with Gasteiger partial charge in [-0.2, -0.15) is 0 Å². The molecule has 1 amide bonds. The van der Waals surface area contributed by atoms with Crippen LogP contribution >= 0.6 is 11.6 Å². The molecular weight excluding hydrogens is 286 g/mol. The fourth-order valence-electron chi connectivity index (χ4n) is 2.31. The number of aryl methyl sites for hydroxylation is 2. The van der Waals surface area contributed by atoms with Gasteiger partial charge in [-0.25, -0.2) is 0 Å². The zero-order valence-corrected chi connectivity index (χ0v) is 12.5. The summed E-state index contributed by atoms with van der Waals surface area (Å²) in [7, 11) is 0. The fraction of sp³-hybridized carbons (Fsp3) is 0.118. The Balaban J connectivity index is 1.97. The molecule has 21 heavy (non-hydrogen) atoms. The molecule has 0 spiro atoms. The van der Waals surface area contributed by atoms with Crippen LogP contribution in [-0.2, 0) is 0 Å². The Morgan fingerprint density at radius 2 is 1.90 bits per heavy atom. The maximum atomic E-state index is 12.5. The summed E-state index contributed by atoms with van der Waals surface area (Å²) in [5.74, 6) is 0.407. The van der Waals surface area contributed by atoms with E-state index in [2.05, 4.69) is 5.32 Å². The first-order chi connectivity index (χ1) is 10.1. The summed E-state index contributed by atoms with van der Waals surface area (Å²) in [5, 5.41) is 4.30. The molecule has 0 atom stereocenters. The molecule has 1 aromatic heterocycles. The molecule has 2 aromatic carbocycles. The number of rotatable bonds is 2. The van der Waals surface area contributed by atoms with Gasteiger partial charge in [0.2, 0.25) is 0 Å². The minimum absolute atomic E-state index is 0.197. The van der Waals surface area contributed by atoms with Crippen LogP contribution in [0.2, 0.25) is 5.02 Å². The number of fused-ring (bicyclic) bond motifs is 1. The van der Waals surface area contributed by atoms with Gasteiger partial charge in [0.25, 0.3) is 5.91 Å². The largest absolute Gasteiger partial charge is 0.461 e. The number of nitrogens with one attached hydrogen (secondary N) is 1. The molecule has 0 unspecified atom stereocenters. The Morgan fingerprint density at radius 3 is 2.67 bits per heavy atom. The van der Waals surface area contributed by atoms with Crippen LogP contribution in [0.5, 0.6) is 0 Å². The average molecular weight is 300 g/mol. The molecule has 0 radical (unpaired) electrons. The van der Waals surface area contributed by atoms with E-state index in [1.165, 1.54) is 0 Å². The van der Waals surface area contributed by atoms with E-state index in [9.17, 15) is 4.79 Å². The quantitative estimate of drug-likeness (QED) is 0.727. The van der Waals surface area contributed by atoms with E-state index in [0.29, 0.717) is 27.6 Å². The van der Waals surface area contributed by atoms with Crippen molar-refractivity contribution in [2.24, 2.45) is 0 Å². The molecule has 106 valence electrons. The maximum Gasteiger partial charge on any atom is 0.259 e. The van der Waals surface area contributed by atoms with E-state index in [1.54, 1.807) is 13.0 Å². The fourth-order valence-corrected chi connectivity index (χ4v) is 2.49. The number of carbonyl (C=O) groups is 1. The molecule has 3 rings (SSSR count). The standard InChI is InChI=1S/C17H14ClNO2/c1-10-7-8-12(9-14(10)18)19-17(20)16-11(2)21-15-6-4-3-5-13(15)16/h3-9H,1-2H3,(H,19,20). The van der Waals surface area contributed by atoms with Crippen LogP contribution in [0.1, 0.15) is 21.7 Å². The monoisotopic (exact) mass is 299 g/mol. The molecule has 0 aliphatic heterocycles. The first-order valence-electron chi connectivity index (χ1n) is 6.62. The molecule has 3 nitrogen and oxygen atoms in total. The predicted octanol–water partition coefficient (Wildman–Crippen LogP) is 4.96. The van der Waals surface area contributed by atoms with Crippen LogP contribution in [-0.4, -0.2) is 5.91 Å². The Morgan fingerprint density at radius 1 is 1.14 bits per heavy atom. The molecule has 4 heteroatoms. The van der Waals surface area contributed by atoms with Gasteiger partial charge in [-0.05, 0) is 37.6 Å². The number of benzene rings is 2. The van der Waals surface area contributed by atoms with Crippen molar-refractivity contribution in [2.45, 2.75) is 13.8 Å². The number of carbonyl (C=O) groups excluding carboxylic acids is 1. The normalized spacial score (nSPS) is 10.8. The number of furan rings is 1. The third-order valence-electron chi connectivity index (χ3n) is 3.43. The van der Waals surface area contributed by atoms with Crippen molar-refractivity contribution in [2.75, 3.05) is 5.32 Å². The molecule has 0 saturated heterocycles. The zero-order chi connectivity index (χ0) is 15.0. The minimum Gasteiger partial charge on any atom is -0.461 e. The Bertz CT molecular complexity index is 836. The van der Waals surface area contributed by atoms with E-state index in [4.69, 9.17) is 16.0 Å². The van der Waals surface area contributed by atoms with Gasteiger partial charge in [0.1, 0.15) is 11.3 Å². The highest BCUT2D eigenvalue weighted by Gasteiger charge is 2.18. The Hall–Kier alpha value is -2.26. The third-order valence-corrected chi connectivity index (χ3v) is 3.84. The number of anilines is 1. The van der Waals surface area contributed by atoms with Gasteiger partial charge < -0.3 is 9.73 Å². The van der Waals surface area contributed by atoms with Crippen LogP contribution in [0.25, 0.3) is 11.0 Å². The van der Waals surface area contributed by atoms with E-state index < -0.39 is 0 Å². The lowest BCUT2D eigenvalue weighted by atomic mass is 10.1. The first kappa shape index (κ1) is 13.7. The van der Waals surface area contributed by atoms with Crippen LogP contribution in [0.4, 0.5) is 5.69 Å². The summed E-state index contributed by atoms with van der Waals surface area (Å²) in [4.78, 5) is 12.5. The Kier molecular flexibility index (Phi) is 3.43. The number of hydrogen-bond acceptors (Lipinski definition) is 2. The van der Waals surface area contributed by atoms with Gasteiger partial charge in [-0.3, -0.25) is 4.79 Å².